The van der Waals surface area contributed by atoms with Crippen molar-refractivity contribution < 1.29 is 4.52 Å². The van der Waals surface area contributed by atoms with Crippen LogP contribution in [0.15, 0.2) is 4.52 Å². The summed E-state index contributed by atoms with van der Waals surface area (Å²) in [6.45, 7) is 4.27. The molecule has 1 aliphatic rings. The lowest BCUT2D eigenvalue weighted by atomic mass is 10.1. The zero-order valence-corrected chi connectivity index (χ0v) is 13.3. The van der Waals surface area contributed by atoms with Crippen LogP contribution in [0.5, 0.6) is 0 Å². The first-order valence-corrected chi connectivity index (χ1v) is 9.11. The summed E-state index contributed by atoms with van der Waals surface area (Å²) >= 11 is 4.00. The topological polar surface area (TPSA) is 64.9 Å². The van der Waals surface area contributed by atoms with Gasteiger partial charge in [0.25, 0.3) is 0 Å². The van der Waals surface area contributed by atoms with Gasteiger partial charge in [-0.1, -0.05) is 12.1 Å². The smallest absolute Gasteiger partial charge is 0.226 e. The highest BCUT2D eigenvalue weighted by molar-refractivity contribution is 8.06. The van der Waals surface area contributed by atoms with E-state index >= 15 is 0 Å². The number of aryl methyl sites for hydroxylation is 1. The molecule has 1 aromatic heterocycles. The highest BCUT2D eigenvalue weighted by Crippen LogP contribution is 2.42. The van der Waals surface area contributed by atoms with E-state index < -0.39 is 0 Å². The van der Waals surface area contributed by atoms with Gasteiger partial charge in [-0.05, 0) is 26.2 Å². The minimum Gasteiger partial charge on any atom is -0.339 e. The average Bonchev–Trinajstić information content (AvgIpc) is 2.87. The van der Waals surface area contributed by atoms with E-state index in [1.807, 2.05) is 30.4 Å². The van der Waals surface area contributed by atoms with Crippen LogP contribution in [0.2, 0.25) is 0 Å². The Kier molecular flexibility index (Phi) is 6.04. The molecular formula is C13H23N3OS2. The first-order valence-electron chi connectivity index (χ1n) is 7.02. The molecule has 0 bridgehead atoms. The van der Waals surface area contributed by atoms with Crippen LogP contribution < -0.4 is 5.73 Å². The molecule has 6 heteroatoms. The molecule has 3 atom stereocenters. The molecule has 2 heterocycles. The van der Waals surface area contributed by atoms with Gasteiger partial charge >= 0.3 is 0 Å². The van der Waals surface area contributed by atoms with Crippen LogP contribution in [0.4, 0.5) is 0 Å². The van der Waals surface area contributed by atoms with Crippen LogP contribution in [-0.2, 0) is 6.42 Å². The molecule has 3 unspecified atom stereocenters. The summed E-state index contributed by atoms with van der Waals surface area (Å²) in [5.74, 6) is 4.07. The molecule has 4 nitrogen and oxygen atoms in total. The fourth-order valence-corrected chi connectivity index (χ4v) is 5.18. The van der Waals surface area contributed by atoms with E-state index in [-0.39, 0.29) is 6.04 Å². The Balaban J connectivity index is 1.91. The Labute approximate surface area is 123 Å². The van der Waals surface area contributed by atoms with Crippen molar-refractivity contribution in [1.29, 1.82) is 0 Å². The molecule has 0 aromatic carbocycles. The molecule has 1 aliphatic heterocycles. The molecule has 0 amide bonds. The van der Waals surface area contributed by atoms with E-state index in [0.717, 1.165) is 37.4 Å². The maximum atomic E-state index is 5.74. The predicted octanol–water partition coefficient (Wildman–Crippen LogP) is 3.04. The molecule has 0 radical (unpaired) electrons. The standard InChI is InChI=1S/C13H23N3OS2/c1-3-10-12(19-8-7-18-10)13-15-11(17-16-13)6-4-5-9(2)14/h9-10,12H,3-8,14H2,1-2H3. The van der Waals surface area contributed by atoms with Gasteiger partial charge < -0.3 is 10.3 Å². The number of rotatable bonds is 6. The number of aromatic nitrogens is 2. The molecule has 0 aliphatic carbocycles. The molecule has 1 aromatic rings. The van der Waals surface area contributed by atoms with Crippen molar-refractivity contribution in [2.24, 2.45) is 5.73 Å². The Morgan fingerprint density at radius 3 is 2.95 bits per heavy atom. The molecule has 0 spiro atoms. The maximum Gasteiger partial charge on any atom is 0.226 e. The average molecular weight is 301 g/mol. The quantitative estimate of drug-likeness (QED) is 0.871. The third kappa shape index (κ3) is 4.39. The van der Waals surface area contributed by atoms with Crippen molar-refractivity contribution in [3.63, 3.8) is 0 Å². The molecule has 1 saturated heterocycles. The lowest BCUT2D eigenvalue weighted by Crippen LogP contribution is -2.19. The summed E-state index contributed by atoms with van der Waals surface area (Å²) in [6.07, 6.45) is 4.03. The Morgan fingerprint density at radius 1 is 1.42 bits per heavy atom. The van der Waals surface area contributed by atoms with E-state index in [9.17, 15) is 0 Å². The van der Waals surface area contributed by atoms with Gasteiger partial charge in [-0.3, -0.25) is 0 Å². The van der Waals surface area contributed by atoms with Crippen molar-refractivity contribution in [2.75, 3.05) is 11.5 Å². The zero-order valence-electron chi connectivity index (χ0n) is 11.7. The molecule has 2 rings (SSSR count). The van der Waals surface area contributed by atoms with Crippen LogP contribution in [0.3, 0.4) is 0 Å². The van der Waals surface area contributed by atoms with Crippen molar-refractivity contribution >= 4 is 23.5 Å². The van der Waals surface area contributed by atoms with Gasteiger partial charge in [0.15, 0.2) is 5.82 Å². The fraction of sp³-hybridized carbons (Fsp3) is 0.846. The maximum absolute atomic E-state index is 5.74. The highest BCUT2D eigenvalue weighted by Gasteiger charge is 2.30. The van der Waals surface area contributed by atoms with Gasteiger partial charge in [0.1, 0.15) is 0 Å². The van der Waals surface area contributed by atoms with Gasteiger partial charge in [-0.25, -0.2) is 0 Å². The predicted molar refractivity (Wildman–Crippen MR) is 82.6 cm³/mol. The largest absolute Gasteiger partial charge is 0.339 e. The third-order valence-electron chi connectivity index (χ3n) is 3.24. The van der Waals surface area contributed by atoms with Crippen molar-refractivity contribution in [3.05, 3.63) is 11.7 Å². The van der Waals surface area contributed by atoms with Gasteiger partial charge in [0.2, 0.25) is 5.89 Å². The Bertz CT molecular complexity index is 384. The first-order chi connectivity index (χ1) is 9.20. The van der Waals surface area contributed by atoms with Crippen LogP contribution in [0.25, 0.3) is 0 Å². The second-order valence-electron chi connectivity index (χ2n) is 5.02. The Morgan fingerprint density at radius 2 is 2.21 bits per heavy atom. The van der Waals surface area contributed by atoms with Crippen LogP contribution in [0.1, 0.15) is 50.1 Å². The monoisotopic (exact) mass is 301 g/mol. The van der Waals surface area contributed by atoms with Crippen molar-refractivity contribution in [3.8, 4) is 0 Å². The van der Waals surface area contributed by atoms with Crippen molar-refractivity contribution in [2.45, 2.75) is 56.1 Å². The second kappa shape index (κ2) is 7.55. The summed E-state index contributed by atoms with van der Waals surface area (Å²) in [5.41, 5.74) is 5.74. The van der Waals surface area contributed by atoms with Gasteiger partial charge in [0.05, 0.1) is 5.25 Å². The number of nitrogens with zero attached hydrogens (tertiary/aromatic N) is 2. The summed E-state index contributed by atoms with van der Waals surface area (Å²) in [7, 11) is 0. The van der Waals surface area contributed by atoms with Crippen LogP contribution in [0, 0.1) is 0 Å². The Hall–Kier alpha value is -0.200. The van der Waals surface area contributed by atoms with E-state index in [1.165, 1.54) is 11.5 Å². The molecule has 108 valence electrons. The lowest BCUT2D eigenvalue weighted by Gasteiger charge is -2.27. The summed E-state index contributed by atoms with van der Waals surface area (Å²) < 4.78 is 5.37. The SMILES string of the molecule is CCC1SCCSC1c1noc(CCCC(C)N)n1. The van der Waals surface area contributed by atoms with E-state index in [4.69, 9.17) is 10.3 Å². The number of hydrogen-bond donors (Lipinski definition) is 1. The number of nitrogens with two attached hydrogens (primary N) is 1. The van der Waals surface area contributed by atoms with Crippen LogP contribution in [-0.4, -0.2) is 32.9 Å². The lowest BCUT2D eigenvalue weighted by molar-refractivity contribution is 0.367. The van der Waals surface area contributed by atoms with E-state index in [2.05, 4.69) is 17.1 Å². The molecule has 19 heavy (non-hydrogen) atoms. The summed E-state index contributed by atoms with van der Waals surface area (Å²) in [5, 5.41) is 5.20. The summed E-state index contributed by atoms with van der Waals surface area (Å²) in [6, 6.07) is 0.247. The second-order valence-corrected chi connectivity index (χ2v) is 7.62. The first kappa shape index (κ1) is 15.2. The molecule has 0 saturated carbocycles. The van der Waals surface area contributed by atoms with Crippen LogP contribution >= 0.6 is 23.5 Å². The molecular weight excluding hydrogens is 278 g/mol. The zero-order chi connectivity index (χ0) is 13.7. The molecule has 1 fully saturated rings. The number of hydrogen-bond acceptors (Lipinski definition) is 6. The van der Waals surface area contributed by atoms with E-state index in [0.29, 0.717) is 10.5 Å². The van der Waals surface area contributed by atoms with Gasteiger partial charge in [-0.15, -0.1) is 11.8 Å². The summed E-state index contributed by atoms with van der Waals surface area (Å²) in [4.78, 5) is 4.58. The number of thioether (sulfide) groups is 2. The normalized spacial score (nSPS) is 25.4. The molecule has 2 N–H and O–H groups in total. The van der Waals surface area contributed by atoms with E-state index in [1.54, 1.807) is 0 Å². The third-order valence-corrected chi connectivity index (χ3v) is 6.48. The minimum absolute atomic E-state index is 0.247. The van der Waals surface area contributed by atoms with Gasteiger partial charge in [-0.2, -0.15) is 16.7 Å². The van der Waals surface area contributed by atoms with Crippen molar-refractivity contribution in [1.82, 2.24) is 10.1 Å². The minimum atomic E-state index is 0.247. The fourth-order valence-electron chi connectivity index (χ4n) is 2.20. The highest BCUT2D eigenvalue weighted by atomic mass is 32.2. The van der Waals surface area contributed by atoms with Gasteiger partial charge in [0, 0.05) is 29.2 Å².